The number of esters is 1. The van der Waals surface area contributed by atoms with Gasteiger partial charge in [0, 0.05) is 19.0 Å². The summed E-state index contributed by atoms with van der Waals surface area (Å²) in [5.41, 5.74) is 0. The van der Waals surface area contributed by atoms with Gasteiger partial charge in [0.25, 0.3) is 0 Å². The molecule has 0 spiro atoms. The van der Waals surface area contributed by atoms with E-state index in [9.17, 15) is 14.4 Å². The molecule has 0 aromatic heterocycles. The molecule has 24 heavy (non-hydrogen) atoms. The van der Waals surface area contributed by atoms with Gasteiger partial charge in [0.2, 0.25) is 11.8 Å². The van der Waals surface area contributed by atoms with E-state index in [4.69, 9.17) is 4.74 Å². The van der Waals surface area contributed by atoms with Crippen LogP contribution in [-0.4, -0.2) is 37.5 Å². The molecule has 0 radical (unpaired) electrons. The van der Waals surface area contributed by atoms with Crippen LogP contribution in [0.15, 0.2) is 0 Å². The lowest BCUT2D eigenvalue weighted by atomic mass is 9.93. The van der Waals surface area contributed by atoms with Crippen LogP contribution < -0.4 is 10.6 Å². The van der Waals surface area contributed by atoms with E-state index in [-0.39, 0.29) is 36.7 Å². The smallest absolute Gasteiger partial charge is 0.315 e. The van der Waals surface area contributed by atoms with Crippen molar-refractivity contribution in [3.8, 4) is 0 Å². The predicted octanol–water partition coefficient (Wildman–Crippen LogP) is 2.13. The Morgan fingerprint density at radius 1 is 0.958 bits per heavy atom. The molecule has 140 valence electrons. The summed E-state index contributed by atoms with van der Waals surface area (Å²) in [7, 11) is 0. The average molecular weight is 342 g/mol. The van der Waals surface area contributed by atoms with E-state index in [2.05, 4.69) is 24.5 Å². The van der Waals surface area contributed by atoms with Crippen molar-refractivity contribution in [2.24, 2.45) is 23.7 Å². The van der Waals surface area contributed by atoms with Crippen LogP contribution in [0.1, 0.15) is 54.4 Å². The predicted molar refractivity (Wildman–Crippen MR) is 94.2 cm³/mol. The van der Waals surface area contributed by atoms with Gasteiger partial charge in [0.15, 0.2) is 0 Å². The van der Waals surface area contributed by atoms with E-state index in [0.29, 0.717) is 24.9 Å². The minimum atomic E-state index is -0.506. The zero-order valence-corrected chi connectivity index (χ0v) is 16.0. The Bertz CT molecular complexity index is 406. The number of ether oxygens (including phenoxy) is 1. The molecule has 0 saturated carbocycles. The van der Waals surface area contributed by atoms with Crippen molar-refractivity contribution in [2.75, 3.05) is 19.7 Å². The van der Waals surface area contributed by atoms with Crippen LogP contribution in [0.4, 0.5) is 0 Å². The second-order valence-electron chi connectivity index (χ2n) is 7.30. The first-order valence-electron chi connectivity index (χ1n) is 8.83. The molecule has 0 aliphatic carbocycles. The monoisotopic (exact) mass is 342 g/mol. The second-order valence-corrected chi connectivity index (χ2v) is 7.30. The highest BCUT2D eigenvalue weighted by Crippen LogP contribution is 2.15. The van der Waals surface area contributed by atoms with Crippen LogP contribution in [0.3, 0.4) is 0 Å². The molecular formula is C18H34N2O4. The fourth-order valence-corrected chi connectivity index (χ4v) is 1.96. The van der Waals surface area contributed by atoms with Gasteiger partial charge < -0.3 is 15.4 Å². The summed E-state index contributed by atoms with van der Waals surface area (Å²) in [5, 5.41) is 5.56. The summed E-state index contributed by atoms with van der Waals surface area (Å²) in [4.78, 5) is 34.9. The first-order chi connectivity index (χ1) is 11.1. The zero-order valence-electron chi connectivity index (χ0n) is 16.0. The normalized spacial score (nSPS) is 12.4. The zero-order chi connectivity index (χ0) is 18.7. The lowest BCUT2D eigenvalue weighted by Gasteiger charge is -2.21. The van der Waals surface area contributed by atoms with E-state index in [0.717, 1.165) is 6.42 Å². The molecule has 0 saturated heterocycles. The van der Waals surface area contributed by atoms with Crippen molar-refractivity contribution in [1.82, 2.24) is 10.6 Å². The van der Waals surface area contributed by atoms with Crippen LogP contribution in [-0.2, 0) is 19.1 Å². The minimum absolute atomic E-state index is 0.0244. The number of amides is 2. The highest BCUT2D eigenvalue weighted by Gasteiger charge is 2.18. The number of hydrogen-bond donors (Lipinski definition) is 2. The largest absolute Gasteiger partial charge is 0.465 e. The Labute approximate surface area is 146 Å². The SMILES string of the molecule is CC(C)CNC(=O)CC(=O)OCC(CCNC(=O)C(C)C)C(C)C. The fourth-order valence-electron chi connectivity index (χ4n) is 1.96. The number of nitrogens with one attached hydrogen (secondary N) is 2. The summed E-state index contributed by atoms with van der Waals surface area (Å²) in [6.45, 7) is 13.2. The van der Waals surface area contributed by atoms with E-state index in [1.807, 2.05) is 27.7 Å². The van der Waals surface area contributed by atoms with E-state index < -0.39 is 5.97 Å². The Morgan fingerprint density at radius 3 is 2.08 bits per heavy atom. The number of carbonyl (C=O) groups is 3. The van der Waals surface area contributed by atoms with Gasteiger partial charge in [-0.15, -0.1) is 0 Å². The third kappa shape index (κ3) is 11.0. The number of rotatable bonds is 11. The van der Waals surface area contributed by atoms with Crippen molar-refractivity contribution >= 4 is 17.8 Å². The summed E-state index contributed by atoms with van der Waals surface area (Å²) in [6, 6.07) is 0. The lowest BCUT2D eigenvalue weighted by Crippen LogP contribution is -2.32. The number of hydrogen-bond acceptors (Lipinski definition) is 4. The second kappa shape index (κ2) is 11.9. The van der Waals surface area contributed by atoms with Gasteiger partial charge in [-0.1, -0.05) is 41.5 Å². The molecule has 0 fully saturated rings. The van der Waals surface area contributed by atoms with Crippen LogP contribution in [0.5, 0.6) is 0 Å². The molecule has 2 amide bonds. The molecule has 2 N–H and O–H groups in total. The standard InChI is InChI=1S/C18H34N2O4/c1-12(2)10-20-16(21)9-17(22)24-11-15(13(3)4)7-8-19-18(23)14(5)6/h12-15H,7-11H2,1-6H3,(H,19,23)(H,20,21). The van der Waals surface area contributed by atoms with Crippen LogP contribution >= 0.6 is 0 Å². The van der Waals surface area contributed by atoms with Crippen molar-refractivity contribution in [3.05, 3.63) is 0 Å². The lowest BCUT2D eigenvalue weighted by molar-refractivity contribution is -0.148. The maximum atomic E-state index is 11.7. The first-order valence-corrected chi connectivity index (χ1v) is 8.83. The van der Waals surface area contributed by atoms with Crippen LogP contribution in [0.2, 0.25) is 0 Å². The summed E-state index contributed by atoms with van der Waals surface area (Å²) in [5.74, 6) is -0.00637. The van der Waals surface area contributed by atoms with Gasteiger partial charge >= 0.3 is 5.97 Å². The quantitative estimate of drug-likeness (QED) is 0.445. The highest BCUT2D eigenvalue weighted by molar-refractivity contribution is 5.94. The third-order valence-electron chi connectivity index (χ3n) is 3.75. The van der Waals surface area contributed by atoms with E-state index in [1.54, 1.807) is 0 Å². The van der Waals surface area contributed by atoms with Crippen molar-refractivity contribution in [1.29, 1.82) is 0 Å². The molecule has 1 atom stereocenters. The van der Waals surface area contributed by atoms with Crippen molar-refractivity contribution < 1.29 is 19.1 Å². The molecule has 0 rings (SSSR count). The molecule has 0 aliphatic heterocycles. The Balaban J connectivity index is 4.13. The first kappa shape index (κ1) is 22.4. The molecule has 1 unspecified atom stereocenters. The Morgan fingerprint density at radius 2 is 1.58 bits per heavy atom. The van der Waals surface area contributed by atoms with E-state index >= 15 is 0 Å². The fraction of sp³-hybridized carbons (Fsp3) is 0.833. The van der Waals surface area contributed by atoms with Gasteiger partial charge in [-0.3, -0.25) is 14.4 Å². The van der Waals surface area contributed by atoms with Crippen molar-refractivity contribution in [3.63, 3.8) is 0 Å². The molecule has 0 aromatic rings. The summed E-state index contributed by atoms with van der Waals surface area (Å²) in [6.07, 6.45) is 0.491. The molecule has 0 bridgehead atoms. The topological polar surface area (TPSA) is 84.5 Å². The summed E-state index contributed by atoms with van der Waals surface area (Å²) < 4.78 is 5.24. The highest BCUT2D eigenvalue weighted by atomic mass is 16.5. The maximum absolute atomic E-state index is 11.7. The Kier molecular flexibility index (Phi) is 11.1. The van der Waals surface area contributed by atoms with Crippen LogP contribution in [0.25, 0.3) is 0 Å². The van der Waals surface area contributed by atoms with Gasteiger partial charge in [0.05, 0.1) is 6.61 Å². The molecule has 0 heterocycles. The third-order valence-corrected chi connectivity index (χ3v) is 3.75. The van der Waals surface area contributed by atoms with Gasteiger partial charge in [0.1, 0.15) is 6.42 Å². The molecule has 0 aromatic carbocycles. The maximum Gasteiger partial charge on any atom is 0.315 e. The molecular weight excluding hydrogens is 308 g/mol. The van der Waals surface area contributed by atoms with E-state index in [1.165, 1.54) is 0 Å². The van der Waals surface area contributed by atoms with Gasteiger partial charge in [-0.05, 0) is 24.2 Å². The molecule has 0 aliphatic rings. The van der Waals surface area contributed by atoms with Crippen LogP contribution in [0, 0.1) is 23.7 Å². The Hall–Kier alpha value is -1.59. The number of carbonyl (C=O) groups excluding carboxylic acids is 3. The summed E-state index contributed by atoms with van der Waals surface area (Å²) >= 11 is 0. The molecule has 6 nitrogen and oxygen atoms in total. The minimum Gasteiger partial charge on any atom is -0.465 e. The van der Waals surface area contributed by atoms with Crippen molar-refractivity contribution in [2.45, 2.75) is 54.4 Å². The molecule has 6 heteroatoms. The average Bonchev–Trinajstić information content (AvgIpc) is 2.47. The van der Waals surface area contributed by atoms with Gasteiger partial charge in [-0.25, -0.2) is 0 Å². The van der Waals surface area contributed by atoms with Gasteiger partial charge in [-0.2, -0.15) is 0 Å².